The molecule has 0 heterocycles. The topological polar surface area (TPSA) is 86.8 Å². The molecule has 32 heavy (non-hydrogen) atoms. The van der Waals surface area contributed by atoms with Crippen molar-refractivity contribution in [1.82, 2.24) is 10.2 Å². The van der Waals surface area contributed by atoms with Crippen LogP contribution in [0.5, 0.6) is 0 Å². The Hall–Kier alpha value is -2.94. The zero-order chi connectivity index (χ0) is 23.7. The molecule has 0 bridgehead atoms. The third-order valence-electron chi connectivity index (χ3n) is 5.17. The van der Waals surface area contributed by atoms with E-state index in [9.17, 15) is 22.4 Å². The summed E-state index contributed by atoms with van der Waals surface area (Å²) in [6, 6.07) is 14.6. The highest BCUT2D eigenvalue weighted by atomic mass is 32.2. The highest BCUT2D eigenvalue weighted by Gasteiger charge is 2.26. The maximum absolute atomic E-state index is 14.2. The van der Waals surface area contributed by atoms with Gasteiger partial charge in [0, 0.05) is 26.6 Å². The van der Waals surface area contributed by atoms with Gasteiger partial charge >= 0.3 is 0 Å². The van der Waals surface area contributed by atoms with E-state index in [0.29, 0.717) is 13.0 Å². The van der Waals surface area contributed by atoms with Crippen molar-refractivity contribution in [2.24, 2.45) is 0 Å². The lowest BCUT2D eigenvalue weighted by atomic mass is 10.1. The molecule has 1 N–H and O–H groups in total. The number of sulfonamides is 1. The Labute approximate surface area is 189 Å². The third kappa shape index (κ3) is 7.05. The fraction of sp³-hybridized carbons (Fsp3) is 0.391. The number of amides is 2. The number of benzene rings is 2. The first-order valence-electron chi connectivity index (χ1n) is 10.4. The molecule has 174 valence electrons. The molecule has 0 aliphatic rings. The van der Waals surface area contributed by atoms with Crippen molar-refractivity contribution in [3.8, 4) is 0 Å². The average molecular weight is 464 g/mol. The summed E-state index contributed by atoms with van der Waals surface area (Å²) in [6.07, 6.45) is 1.79. The van der Waals surface area contributed by atoms with Crippen LogP contribution in [0, 0.1) is 5.82 Å². The van der Waals surface area contributed by atoms with Gasteiger partial charge in [0.2, 0.25) is 21.8 Å². The zero-order valence-corrected chi connectivity index (χ0v) is 19.4. The number of likely N-dealkylation sites (N-methyl/N-ethyl adjacent to an activating group) is 1. The van der Waals surface area contributed by atoms with Crippen molar-refractivity contribution >= 4 is 27.5 Å². The second-order valence-electron chi connectivity index (χ2n) is 7.50. The predicted molar refractivity (Wildman–Crippen MR) is 123 cm³/mol. The number of hydrogen-bond donors (Lipinski definition) is 1. The van der Waals surface area contributed by atoms with Gasteiger partial charge in [0.15, 0.2) is 0 Å². The minimum atomic E-state index is -3.73. The van der Waals surface area contributed by atoms with E-state index in [-0.39, 0.29) is 36.9 Å². The van der Waals surface area contributed by atoms with Crippen LogP contribution >= 0.6 is 0 Å². The molecule has 7 nitrogen and oxygen atoms in total. The largest absolute Gasteiger partial charge is 0.357 e. The Kier molecular flexibility index (Phi) is 9.19. The molecule has 2 aromatic carbocycles. The van der Waals surface area contributed by atoms with Crippen LogP contribution in [0.4, 0.5) is 10.1 Å². The minimum absolute atomic E-state index is 0.0244. The molecule has 9 heteroatoms. The van der Waals surface area contributed by atoms with Crippen molar-refractivity contribution in [2.75, 3.05) is 30.7 Å². The summed E-state index contributed by atoms with van der Waals surface area (Å²) in [7, 11) is -2.22. The van der Waals surface area contributed by atoms with Crippen molar-refractivity contribution in [3.63, 3.8) is 0 Å². The van der Waals surface area contributed by atoms with E-state index in [1.807, 2.05) is 30.3 Å². The van der Waals surface area contributed by atoms with Gasteiger partial charge in [-0.15, -0.1) is 0 Å². The quantitative estimate of drug-likeness (QED) is 0.555. The van der Waals surface area contributed by atoms with Gasteiger partial charge in [-0.25, -0.2) is 12.8 Å². The summed E-state index contributed by atoms with van der Waals surface area (Å²) >= 11 is 0. The number of carbonyl (C=O) groups is 2. The lowest BCUT2D eigenvalue weighted by molar-refractivity contribution is -0.139. The molecule has 0 fully saturated rings. The number of anilines is 1. The lowest BCUT2D eigenvalue weighted by Gasteiger charge is -2.29. The third-order valence-corrected chi connectivity index (χ3v) is 6.35. The van der Waals surface area contributed by atoms with Gasteiger partial charge in [0.25, 0.3) is 0 Å². The zero-order valence-electron chi connectivity index (χ0n) is 18.6. The fourth-order valence-corrected chi connectivity index (χ4v) is 4.38. The number of para-hydroxylation sites is 1. The van der Waals surface area contributed by atoms with Gasteiger partial charge in [-0.05, 0) is 37.5 Å². The van der Waals surface area contributed by atoms with Crippen LogP contribution in [0.3, 0.4) is 0 Å². The predicted octanol–water partition coefficient (Wildman–Crippen LogP) is 2.58. The summed E-state index contributed by atoms with van der Waals surface area (Å²) in [5.41, 5.74) is 0.985. The fourth-order valence-electron chi connectivity index (χ4n) is 3.42. The molecule has 2 aromatic rings. The van der Waals surface area contributed by atoms with Crippen LogP contribution in [0.15, 0.2) is 54.6 Å². The summed E-state index contributed by atoms with van der Waals surface area (Å²) in [5, 5.41) is 2.56. The number of carbonyl (C=O) groups excluding carboxylic acids is 2. The summed E-state index contributed by atoms with van der Waals surface area (Å²) in [5.74, 6) is -1.20. The number of rotatable bonds is 11. The SMILES string of the molecule is CNC(=O)[C@@H](C)N(CCc1ccccc1)C(=O)CCCN(c1ccccc1F)S(C)(=O)=O. The Balaban J connectivity index is 2.08. The molecule has 0 aliphatic carbocycles. The van der Waals surface area contributed by atoms with E-state index in [1.165, 1.54) is 30.1 Å². The Morgan fingerprint density at radius 3 is 2.25 bits per heavy atom. The maximum Gasteiger partial charge on any atom is 0.242 e. The second kappa shape index (κ2) is 11.6. The van der Waals surface area contributed by atoms with Crippen molar-refractivity contribution in [3.05, 3.63) is 66.0 Å². The van der Waals surface area contributed by atoms with Gasteiger partial charge in [-0.2, -0.15) is 0 Å². The van der Waals surface area contributed by atoms with Crippen LogP contribution < -0.4 is 9.62 Å². The monoisotopic (exact) mass is 463 g/mol. The van der Waals surface area contributed by atoms with Crippen LogP contribution in [0.25, 0.3) is 0 Å². The smallest absolute Gasteiger partial charge is 0.242 e. The van der Waals surface area contributed by atoms with Gasteiger partial charge in [0.05, 0.1) is 11.9 Å². The molecule has 0 aliphatic heterocycles. The molecule has 0 radical (unpaired) electrons. The molecule has 0 aromatic heterocycles. The Bertz CT molecular complexity index is 1010. The first-order valence-corrected chi connectivity index (χ1v) is 12.3. The molecule has 1 atom stereocenters. The molecule has 0 unspecified atom stereocenters. The van der Waals surface area contributed by atoms with Crippen molar-refractivity contribution in [2.45, 2.75) is 32.2 Å². The molecule has 2 amide bonds. The van der Waals surface area contributed by atoms with Crippen LogP contribution in [-0.2, 0) is 26.0 Å². The van der Waals surface area contributed by atoms with Crippen molar-refractivity contribution < 1.29 is 22.4 Å². The Morgan fingerprint density at radius 1 is 1.03 bits per heavy atom. The molecule has 2 rings (SSSR count). The van der Waals surface area contributed by atoms with E-state index < -0.39 is 21.9 Å². The first-order chi connectivity index (χ1) is 15.1. The van der Waals surface area contributed by atoms with Gasteiger partial charge < -0.3 is 10.2 Å². The molecular weight excluding hydrogens is 433 g/mol. The number of hydrogen-bond acceptors (Lipinski definition) is 4. The molecule has 0 spiro atoms. The van der Waals surface area contributed by atoms with E-state index in [2.05, 4.69) is 5.32 Å². The van der Waals surface area contributed by atoms with Crippen molar-refractivity contribution in [1.29, 1.82) is 0 Å². The summed E-state index contributed by atoms with van der Waals surface area (Å²) < 4.78 is 39.5. The van der Waals surface area contributed by atoms with Gasteiger partial charge in [-0.3, -0.25) is 13.9 Å². The summed E-state index contributed by atoms with van der Waals surface area (Å²) in [6.45, 7) is 1.96. The standard InChI is InChI=1S/C23H30FN3O4S/c1-18(23(29)25-2)26(17-15-19-10-5-4-6-11-19)22(28)14-9-16-27(32(3,30)31)21-13-8-7-12-20(21)24/h4-8,10-13,18H,9,14-17H2,1-3H3,(H,25,29)/t18-/m1/s1. The average Bonchev–Trinajstić information content (AvgIpc) is 2.76. The number of halogens is 1. The number of nitrogens with zero attached hydrogens (tertiary/aromatic N) is 2. The van der Waals surface area contributed by atoms with Crippen LogP contribution in [0.1, 0.15) is 25.3 Å². The lowest BCUT2D eigenvalue weighted by Crippen LogP contribution is -2.48. The van der Waals surface area contributed by atoms with E-state index in [0.717, 1.165) is 16.1 Å². The molecular formula is C23H30FN3O4S. The van der Waals surface area contributed by atoms with Crippen LogP contribution in [0.2, 0.25) is 0 Å². The first kappa shape index (κ1) is 25.3. The molecule has 0 saturated heterocycles. The van der Waals surface area contributed by atoms with E-state index in [4.69, 9.17) is 0 Å². The van der Waals surface area contributed by atoms with Gasteiger partial charge in [-0.1, -0.05) is 42.5 Å². The second-order valence-corrected chi connectivity index (χ2v) is 9.41. The maximum atomic E-state index is 14.2. The van der Waals surface area contributed by atoms with E-state index in [1.54, 1.807) is 13.0 Å². The molecule has 0 saturated carbocycles. The summed E-state index contributed by atoms with van der Waals surface area (Å²) in [4.78, 5) is 26.6. The Morgan fingerprint density at radius 2 is 1.66 bits per heavy atom. The normalized spacial score (nSPS) is 12.1. The minimum Gasteiger partial charge on any atom is -0.357 e. The van der Waals surface area contributed by atoms with Crippen LogP contribution in [-0.4, -0.2) is 57.6 Å². The van der Waals surface area contributed by atoms with E-state index >= 15 is 0 Å². The number of nitrogens with one attached hydrogen (secondary N) is 1. The highest BCUT2D eigenvalue weighted by molar-refractivity contribution is 7.92. The van der Waals surface area contributed by atoms with Gasteiger partial charge in [0.1, 0.15) is 11.9 Å². The highest BCUT2D eigenvalue weighted by Crippen LogP contribution is 2.22.